The summed E-state index contributed by atoms with van der Waals surface area (Å²) in [5.41, 5.74) is 8.46. The maximum absolute atomic E-state index is 6.24. The second kappa shape index (κ2) is 10.1. The fraction of sp³-hybridized carbons (Fsp3) is 0. The second-order valence-electron chi connectivity index (χ2n) is 10.5. The SMILES string of the molecule is c1ccc(-c2ccc(N(c3ccc(-c4ccc5ccccc5c4)cc3)c3cc4oc5ccccc5c4cn3)cc2)cc1. The number of benzene rings is 6. The van der Waals surface area contributed by atoms with Crippen LogP contribution in [0, 0.1) is 0 Å². The third-order valence-corrected chi connectivity index (χ3v) is 7.92. The van der Waals surface area contributed by atoms with E-state index in [0.29, 0.717) is 0 Å². The van der Waals surface area contributed by atoms with Crippen LogP contribution in [-0.4, -0.2) is 4.98 Å². The zero-order chi connectivity index (χ0) is 27.9. The Morgan fingerprint density at radius 2 is 1.02 bits per heavy atom. The Morgan fingerprint density at radius 3 is 1.79 bits per heavy atom. The maximum Gasteiger partial charge on any atom is 0.141 e. The van der Waals surface area contributed by atoms with Gasteiger partial charge in [0.1, 0.15) is 17.0 Å². The highest BCUT2D eigenvalue weighted by molar-refractivity contribution is 6.05. The Kier molecular flexibility index (Phi) is 5.79. The Hall–Kier alpha value is -5.67. The fourth-order valence-corrected chi connectivity index (χ4v) is 5.75. The smallest absolute Gasteiger partial charge is 0.141 e. The molecule has 198 valence electrons. The monoisotopic (exact) mass is 538 g/mol. The van der Waals surface area contributed by atoms with Gasteiger partial charge in [-0.3, -0.25) is 4.90 Å². The molecule has 3 heteroatoms. The summed E-state index contributed by atoms with van der Waals surface area (Å²) in [6, 6.07) is 53.0. The maximum atomic E-state index is 6.24. The number of furan rings is 1. The van der Waals surface area contributed by atoms with Gasteiger partial charge in [0.15, 0.2) is 0 Å². The van der Waals surface area contributed by atoms with Crippen LogP contribution < -0.4 is 4.90 Å². The molecule has 0 saturated carbocycles. The average molecular weight is 539 g/mol. The molecular formula is C39H26N2O. The van der Waals surface area contributed by atoms with Crippen LogP contribution in [0.5, 0.6) is 0 Å². The molecule has 0 bridgehead atoms. The van der Waals surface area contributed by atoms with Crippen LogP contribution in [-0.2, 0) is 0 Å². The van der Waals surface area contributed by atoms with E-state index in [1.807, 2.05) is 36.5 Å². The Labute approximate surface area is 243 Å². The minimum Gasteiger partial charge on any atom is -0.456 e. The van der Waals surface area contributed by atoms with Gasteiger partial charge in [-0.1, -0.05) is 109 Å². The molecule has 2 aromatic heterocycles. The first-order valence-electron chi connectivity index (χ1n) is 14.1. The highest BCUT2D eigenvalue weighted by Gasteiger charge is 2.17. The van der Waals surface area contributed by atoms with Crippen molar-refractivity contribution in [3.8, 4) is 22.3 Å². The second-order valence-corrected chi connectivity index (χ2v) is 10.5. The lowest BCUT2D eigenvalue weighted by Crippen LogP contribution is -2.11. The standard InChI is InChI=1S/C39H26N2O/c1-2-8-27(9-3-1)29-16-20-33(21-17-29)41(39-25-38-36(26-40-39)35-12-6-7-13-37(35)42-38)34-22-18-30(19-23-34)32-15-14-28-10-4-5-11-31(28)24-32/h1-26H. The van der Waals surface area contributed by atoms with Crippen molar-refractivity contribution < 1.29 is 4.42 Å². The molecule has 8 aromatic rings. The predicted octanol–water partition coefficient (Wildman–Crippen LogP) is 10.9. The van der Waals surface area contributed by atoms with Gasteiger partial charge in [-0.05, 0) is 69.4 Å². The zero-order valence-electron chi connectivity index (χ0n) is 22.8. The van der Waals surface area contributed by atoms with E-state index in [1.165, 1.54) is 33.0 Å². The third-order valence-electron chi connectivity index (χ3n) is 7.92. The number of nitrogens with zero attached hydrogens (tertiary/aromatic N) is 2. The number of aromatic nitrogens is 1. The summed E-state index contributed by atoms with van der Waals surface area (Å²) in [4.78, 5) is 7.13. The number of para-hydroxylation sites is 1. The highest BCUT2D eigenvalue weighted by Crippen LogP contribution is 2.38. The van der Waals surface area contributed by atoms with Gasteiger partial charge < -0.3 is 4.42 Å². The number of fused-ring (bicyclic) bond motifs is 4. The summed E-state index contributed by atoms with van der Waals surface area (Å²) in [6.45, 7) is 0. The van der Waals surface area contributed by atoms with E-state index in [9.17, 15) is 0 Å². The first-order chi connectivity index (χ1) is 20.8. The summed E-state index contributed by atoms with van der Waals surface area (Å²) >= 11 is 0. The molecule has 6 aromatic carbocycles. The first kappa shape index (κ1) is 24.2. The van der Waals surface area contributed by atoms with E-state index < -0.39 is 0 Å². The molecule has 0 spiro atoms. The van der Waals surface area contributed by atoms with Crippen LogP contribution in [0.1, 0.15) is 0 Å². The van der Waals surface area contributed by atoms with Gasteiger partial charge in [0, 0.05) is 34.4 Å². The zero-order valence-corrected chi connectivity index (χ0v) is 22.8. The van der Waals surface area contributed by atoms with Crippen molar-refractivity contribution in [2.45, 2.75) is 0 Å². The molecule has 3 nitrogen and oxygen atoms in total. The minimum absolute atomic E-state index is 0.799. The third kappa shape index (κ3) is 4.29. The Morgan fingerprint density at radius 1 is 0.429 bits per heavy atom. The number of anilines is 3. The summed E-state index contributed by atoms with van der Waals surface area (Å²) < 4.78 is 6.24. The van der Waals surface area contributed by atoms with Gasteiger partial charge in [-0.25, -0.2) is 4.98 Å². The van der Waals surface area contributed by atoms with Crippen molar-refractivity contribution in [2.75, 3.05) is 4.90 Å². The topological polar surface area (TPSA) is 29.3 Å². The molecule has 0 N–H and O–H groups in total. The van der Waals surface area contributed by atoms with E-state index in [2.05, 4.69) is 126 Å². The molecule has 42 heavy (non-hydrogen) atoms. The van der Waals surface area contributed by atoms with E-state index in [4.69, 9.17) is 9.40 Å². The van der Waals surface area contributed by atoms with Crippen LogP contribution in [0.15, 0.2) is 162 Å². The lowest BCUT2D eigenvalue weighted by Gasteiger charge is -2.24. The van der Waals surface area contributed by atoms with Crippen LogP contribution >= 0.6 is 0 Å². The summed E-state index contributed by atoms with van der Waals surface area (Å²) in [5, 5.41) is 4.57. The van der Waals surface area contributed by atoms with Gasteiger partial charge in [0.2, 0.25) is 0 Å². The van der Waals surface area contributed by atoms with Crippen molar-refractivity contribution in [2.24, 2.45) is 0 Å². The highest BCUT2D eigenvalue weighted by atomic mass is 16.3. The van der Waals surface area contributed by atoms with Crippen LogP contribution in [0.3, 0.4) is 0 Å². The Balaban J connectivity index is 1.22. The quantitative estimate of drug-likeness (QED) is 0.218. The van der Waals surface area contributed by atoms with E-state index in [0.717, 1.165) is 39.1 Å². The van der Waals surface area contributed by atoms with Crippen molar-refractivity contribution in [1.82, 2.24) is 4.98 Å². The van der Waals surface area contributed by atoms with Crippen molar-refractivity contribution >= 4 is 49.9 Å². The molecule has 0 radical (unpaired) electrons. The summed E-state index contributed by atoms with van der Waals surface area (Å²) in [7, 11) is 0. The molecule has 0 aliphatic heterocycles. The van der Waals surface area contributed by atoms with Gasteiger partial charge in [0.25, 0.3) is 0 Å². The van der Waals surface area contributed by atoms with E-state index in [-0.39, 0.29) is 0 Å². The molecule has 0 fully saturated rings. The normalized spacial score (nSPS) is 11.3. The van der Waals surface area contributed by atoms with Crippen LogP contribution in [0.2, 0.25) is 0 Å². The molecular weight excluding hydrogens is 512 g/mol. The molecule has 0 aliphatic carbocycles. The number of hydrogen-bond donors (Lipinski definition) is 0. The van der Waals surface area contributed by atoms with Crippen LogP contribution in [0.25, 0.3) is 55.0 Å². The predicted molar refractivity (Wildman–Crippen MR) is 175 cm³/mol. The van der Waals surface area contributed by atoms with Crippen molar-refractivity contribution in [3.63, 3.8) is 0 Å². The average Bonchev–Trinajstić information content (AvgIpc) is 3.44. The largest absolute Gasteiger partial charge is 0.456 e. The summed E-state index contributed by atoms with van der Waals surface area (Å²) in [5.74, 6) is 0.799. The Bertz CT molecular complexity index is 2180. The fourth-order valence-electron chi connectivity index (χ4n) is 5.75. The molecule has 0 atom stereocenters. The molecule has 0 aliphatic rings. The molecule has 0 amide bonds. The van der Waals surface area contributed by atoms with E-state index >= 15 is 0 Å². The van der Waals surface area contributed by atoms with Crippen LogP contribution in [0.4, 0.5) is 17.2 Å². The van der Waals surface area contributed by atoms with E-state index in [1.54, 1.807) is 0 Å². The van der Waals surface area contributed by atoms with Gasteiger partial charge >= 0.3 is 0 Å². The lowest BCUT2D eigenvalue weighted by atomic mass is 10.0. The van der Waals surface area contributed by atoms with Gasteiger partial charge in [0.05, 0.1) is 0 Å². The molecule has 0 unspecified atom stereocenters. The lowest BCUT2D eigenvalue weighted by molar-refractivity contribution is 0.668. The summed E-state index contributed by atoms with van der Waals surface area (Å²) in [6.07, 6.45) is 1.92. The van der Waals surface area contributed by atoms with Gasteiger partial charge in [-0.2, -0.15) is 0 Å². The van der Waals surface area contributed by atoms with Gasteiger partial charge in [-0.15, -0.1) is 0 Å². The van der Waals surface area contributed by atoms with Crippen molar-refractivity contribution in [3.05, 3.63) is 158 Å². The number of rotatable bonds is 5. The number of pyridine rings is 1. The minimum atomic E-state index is 0.799. The molecule has 0 saturated heterocycles. The van der Waals surface area contributed by atoms with Crippen molar-refractivity contribution in [1.29, 1.82) is 0 Å². The number of hydrogen-bond acceptors (Lipinski definition) is 3. The first-order valence-corrected chi connectivity index (χ1v) is 14.1. The molecule has 8 rings (SSSR count). The molecule has 2 heterocycles.